The van der Waals surface area contributed by atoms with Gasteiger partial charge in [0.05, 0.1) is 11.9 Å². The molecule has 2 aromatic rings. The van der Waals surface area contributed by atoms with Crippen LogP contribution in [0.5, 0.6) is 0 Å². The van der Waals surface area contributed by atoms with Gasteiger partial charge in [-0.1, -0.05) is 0 Å². The SMILES string of the molecule is COC1CCN(c2ccc(NC(=O)CSc3ccc(F)cc3)cc2)CC1. The second-order valence-corrected chi connectivity index (χ2v) is 7.31. The number of nitrogens with zero attached hydrogens (tertiary/aromatic N) is 1. The minimum absolute atomic E-state index is 0.0759. The van der Waals surface area contributed by atoms with E-state index in [0.717, 1.165) is 36.5 Å². The van der Waals surface area contributed by atoms with Crippen LogP contribution in [0.25, 0.3) is 0 Å². The van der Waals surface area contributed by atoms with Crippen molar-refractivity contribution in [2.45, 2.75) is 23.8 Å². The lowest BCUT2D eigenvalue weighted by atomic mass is 10.1. The standard InChI is InChI=1S/C20H23FN2O2S/c1-25-18-10-12-23(13-11-18)17-6-4-16(5-7-17)22-20(24)14-26-19-8-2-15(21)3-9-19/h2-9,18H,10-14H2,1H3,(H,22,24). The Morgan fingerprint density at radius 3 is 2.42 bits per heavy atom. The number of rotatable bonds is 6. The summed E-state index contributed by atoms with van der Waals surface area (Å²) in [5, 5.41) is 2.90. The third-order valence-corrected chi connectivity index (χ3v) is 5.49. The summed E-state index contributed by atoms with van der Waals surface area (Å²) in [6, 6.07) is 14.1. The summed E-state index contributed by atoms with van der Waals surface area (Å²) < 4.78 is 18.3. The Morgan fingerprint density at radius 1 is 1.15 bits per heavy atom. The fraction of sp³-hybridized carbons (Fsp3) is 0.350. The van der Waals surface area contributed by atoms with Crippen LogP contribution in [-0.2, 0) is 9.53 Å². The lowest BCUT2D eigenvalue weighted by molar-refractivity contribution is -0.113. The zero-order valence-corrected chi connectivity index (χ0v) is 15.6. The summed E-state index contributed by atoms with van der Waals surface area (Å²) in [7, 11) is 1.77. The van der Waals surface area contributed by atoms with Crippen molar-refractivity contribution in [1.82, 2.24) is 0 Å². The van der Waals surface area contributed by atoms with Crippen LogP contribution in [0, 0.1) is 5.82 Å². The molecule has 3 rings (SSSR count). The molecule has 1 aliphatic rings. The van der Waals surface area contributed by atoms with E-state index in [9.17, 15) is 9.18 Å². The minimum atomic E-state index is -0.273. The Balaban J connectivity index is 1.47. The lowest BCUT2D eigenvalue weighted by Crippen LogP contribution is -2.36. The lowest BCUT2D eigenvalue weighted by Gasteiger charge is -2.33. The number of carbonyl (C=O) groups is 1. The molecule has 138 valence electrons. The molecule has 2 aromatic carbocycles. The molecule has 4 nitrogen and oxygen atoms in total. The normalized spacial score (nSPS) is 15.1. The Labute approximate surface area is 157 Å². The Hall–Kier alpha value is -2.05. The van der Waals surface area contributed by atoms with Crippen molar-refractivity contribution in [3.8, 4) is 0 Å². The number of piperidine rings is 1. The van der Waals surface area contributed by atoms with Crippen LogP contribution in [0.4, 0.5) is 15.8 Å². The molecule has 1 saturated heterocycles. The summed E-state index contributed by atoms with van der Waals surface area (Å²) in [5.41, 5.74) is 1.95. The van der Waals surface area contributed by atoms with Crippen LogP contribution < -0.4 is 10.2 Å². The summed E-state index contributed by atoms with van der Waals surface area (Å²) >= 11 is 1.39. The Bertz CT molecular complexity index is 714. The van der Waals surface area contributed by atoms with E-state index in [4.69, 9.17) is 4.74 Å². The quantitative estimate of drug-likeness (QED) is 0.771. The van der Waals surface area contributed by atoms with Gasteiger partial charge in [-0.05, 0) is 61.4 Å². The monoisotopic (exact) mass is 374 g/mol. The van der Waals surface area contributed by atoms with Crippen molar-refractivity contribution in [1.29, 1.82) is 0 Å². The van der Waals surface area contributed by atoms with Gasteiger partial charge in [0.2, 0.25) is 5.91 Å². The smallest absolute Gasteiger partial charge is 0.234 e. The van der Waals surface area contributed by atoms with Crippen molar-refractivity contribution in [2.24, 2.45) is 0 Å². The molecule has 0 atom stereocenters. The first-order valence-electron chi connectivity index (χ1n) is 8.70. The number of hydrogen-bond donors (Lipinski definition) is 1. The Kier molecular flexibility index (Phi) is 6.52. The number of nitrogens with one attached hydrogen (secondary N) is 1. The van der Waals surface area contributed by atoms with E-state index < -0.39 is 0 Å². The number of amides is 1. The van der Waals surface area contributed by atoms with Crippen LogP contribution in [0.15, 0.2) is 53.4 Å². The molecule has 1 amide bonds. The van der Waals surface area contributed by atoms with Crippen LogP contribution in [-0.4, -0.2) is 38.0 Å². The summed E-state index contributed by atoms with van der Waals surface area (Å²) in [4.78, 5) is 15.3. The number of benzene rings is 2. The Morgan fingerprint density at radius 2 is 1.81 bits per heavy atom. The van der Waals surface area contributed by atoms with Crippen LogP contribution >= 0.6 is 11.8 Å². The number of ether oxygens (including phenoxy) is 1. The van der Waals surface area contributed by atoms with Gasteiger partial charge < -0.3 is 15.0 Å². The first kappa shape index (κ1) is 18.7. The van der Waals surface area contributed by atoms with Crippen LogP contribution in [0.3, 0.4) is 0 Å². The predicted molar refractivity (Wildman–Crippen MR) is 104 cm³/mol. The molecule has 1 aliphatic heterocycles. The maximum Gasteiger partial charge on any atom is 0.234 e. The maximum absolute atomic E-state index is 12.9. The molecular formula is C20H23FN2O2S. The molecule has 0 saturated carbocycles. The van der Waals surface area contributed by atoms with Crippen molar-refractivity contribution < 1.29 is 13.9 Å². The first-order valence-corrected chi connectivity index (χ1v) is 9.68. The van der Waals surface area contributed by atoms with E-state index in [1.807, 2.05) is 24.3 Å². The number of thioether (sulfide) groups is 1. The second-order valence-electron chi connectivity index (χ2n) is 6.26. The van der Waals surface area contributed by atoms with Gasteiger partial charge >= 0.3 is 0 Å². The minimum Gasteiger partial charge on any atom is -0.381 e. The average molecular weight is 374 g/mol. The van der Waals surface area contributed by atoms with Crippen molar-refractivity contribution in [3.05, 3.63) is 54.3 Å². The fourth-order valence-electron chi connectivity index (χ4n) is 2.98. The largest absolute Gasteiger partial charge is 0.381 e. The van der Waals surface area contributed by atoms with Crippen molar-refractivity contribution in [2.75, 3.05) is 36.2 Å². The highest BCUT2D eigenvalue weighted by Gasteiger charge is 2.18. The number of hydrogen-bond acceptors (Lipinski definition) is 4. The topological polar surface area (TPSA) is 41.6 Å². The molecule has 26 heavy (non-hydrogen) atoms. The molecule has 0 bridgehead atoms. The van der Waals surface area contributed by atoms with Gasteiger partial charge in [-0.15, -0.1) is 11.8 Å². The van der Waals surface area contributed by atoms with Gasteiger partial charge in [0.1, 0.15) is 5.82 Å². The molecule has 0 spiro atoms. The maximum atomic E-state index is 12.9. The molecule has 1 fully saturated rings. The van der Waals surface area contributed by atoms with Crippen LogP contribution in [0.2, 0.25) is 0 Å². The van der Waals surface area contributed by atoms with Gasteiger partial charge in [-0.25, -0.2) is 4.39 Å². The second kappa shape index (κ2) is 9.05. The number of halogens is 1. The molecule has 1 N–H and O–H groups in total. The number of carbonyl (C=O) groups excluding carboxylic acids is 1. The highest BCUT2D eigenvalue weighted by atomic mass is 32.2. The van der Waals surface area contributed by atoms with E-state index in [2.05, 4.69) is 10.2 Å². The highest BCUT2D eigenvalue weighted by Crippen LogP contribution is 2.23. The molecule has 0 unspecified atom stereocenters. The van der Waals surface area contributed by atoms with Crippen LogP contribution in [0.1, 0.15) is 12.8 Å². The van der Waals surface area contributed by atoms with Crippen molar-refractivity contribution in [3.63, 3.8) is 0 Å². The summed E-state index contributed by atoms with van der Waals surface area (Å²) in [5.74, 6) is -0.0592. The third-order valence-electron chi connectivity index (χ3n) is 4.48. The average Bonchev–Trinajstić information content (AvgIpc) is 2.68. The van der Waals surface area contributed by atoms with Gasteiger partial charge in [0.15, 0.2) is 0 Å². The molecule has 0 aromatic heterocycles. The molecule has 6 heteroatoms. The summed E-state index contributed by atoms with van der Waals surface area (Å²) in [6.07, 6.45) is 2.44. The zero-order valence-electron chi connectivity index (χ0n) is 14.8. The third kappa shape index (κ3) is 5.22. The predicted octanol–water partition coefficient (Wildman–Crippen LogP) is 4.17. The molecule has 1 heterocycles. The van der Waals surface area contributed by atoms with E-state index in [0.29, 0.717) is 6.10 Å². The first-order chi connectivity index (χ1) is 12.6. The number of methoxy groups -OCH3 is 1. The zero-order chi connectivity index (χ0) is 18.4. The summed E-state index contributed by atoms with van der Waals surface area (Å²) in [6.45, 7) is 1.97. The van der Waals surface area contributed by atoms with E-state index in [-0.39, 0.29) is 17.5 Å². The highest BCUT2D eigenvalue weighted by molar-refractivity contribution is 8.00. The molecule has 0 radical (unpaired) electrons. The number of anilines is 2. The van der Waals surface area contributed by atoms with E-state index >= 15 is 0 Å². The van der Waals surface area contributed by atoms with Gasteiger partial charge in [0, 0.05) is 36.5 Å². The van der Waals surface area contributed by atoms with E-state index in [1.54, 1.807) is 19.2 Å². The van der Waals surface area contributed by atoms with Crippen molar-refractivity contribution >= 4 is 29.0 Å². The molecule has 0 aliphatic carbocycles. The van der Waals surface area contributed by atoms with Gasteiger partial charge in [-0.3, -0.25) is 4.79 Å². The van der Waals surface area contributed by atoms with E-state index in [1.165, 1.54) is 29.6 Å². The van der Waals surface area contributed by atoms with Gasteiger partial charge in [-0.2, -0.15) is 0 Å². The fourth-order valence-corrected chi connectivity index (χ4v) is 3.68. The molecular weight excluding hydrogens is 351 g/mol. The van der Waals surface area contributed by atoms with Gasteiger partial charge in [0.25, 0.3) is 0 Å².